The SMILES string of the molecule is CC(=O)N[C@@H]1[C@H](Oc2cc3sc(=O)oc3c3ccccc23)O[C@H](CO)[C@@H](O)[C@@H]1O. The second-order valence-corrected chi connectivity index (χ2v) is 7.73. The van der Waals surface area contributed by atoms with Gasteiger partial charge < -0.3 is 34.5 Å². The standard InChI is InChI=1S/C19H19NO8S/c1-8(22)20-14-16(24)15(23)12(7-21)27-18(14)26-11-6-13-17(28-19(25)29-13)10-5-3-2-4-9(10)11/h2-6,12,14-16,18,21,23-24H,7H2,1H3,(H,20,22)/t12-,14+,15-,16-,18-/m1/s1. The number of amides is 1. The van der Waals surface area contributed by atoms with Crippen LogP contribution in [-0.2, 0) is 9.53 Å². The Morgan fingerprint density at radius 2 is 1.97 bits per heavy atom. The Kier molecular flexibility index (Phi) is 5.28. The van der Waals surface area contributed by atoms with Gasteiger partial charge in [0.1, 0.15) is 30.1 Å². The van der Waals surface area contributed by atoms with Crippen LogP contribution in [0.15, 0.2) is 39.5 Å². The Labute approximate surface area is 168 Å². The molecule has 2 heterocycles. The molecular formula is C19H19NO8S. The van der Waals surface area contributed by atoms with E-state index in [2.05, 4.69) is 5.32 Å². The number of benzene rings is 2. The monoisotopic (exact) mass is 421 g/mol. The normalized spacial score (nSPS) is 27.2. The van der Waals surface area contributed by atoms with Crippen molar-refractivity contribution in [2.45, 2.75) is 37.6 Å². The average Bonchev–Trinajstić information content (AvgIpc) is 3.07. The van der Waals surface area contributed by atoms with E-state index in [1.807, 2.05) is 0 Å². The highest BCUT2D eigenvalue weighted by atomic mass is 32.1. The highest BCUT2D eigenvalue weighted by molar-refractivity contribution is 7.16. The van der Waals surface area contributed by atoms with Crippen molar-refractivity contribution in [2.75, 3.05) is 6.61 Å². The van der Waals surface area contributed by atoms with Gasteiger partial charge in [-0.25, -0.2) is 4.79 Å². The fourth-order valence-electron chi connectivity index (χ4n) is 3.46. The van der Waals surface area contributed by atoms with E-state index in [4.69, 9.17) is 13.9 Å². The largest absolute Gasteiger partial charge is 0.462 e. The van der Waals surface area contributed by atoms with Crippen LogP contribution in [-0.4, -0.2) is 58.5 Å². The Balaban J connectivity index is 1.78. The van der Waals surface area contributed by atoms with Crippen LogP contribution in [0.1, 0.15) is 6.92 Å². The summed E-state index contributed by atoms with van der Waals surface area (Å²) in [4.78, 5) is 22.9. The predicted octanol–water partition coefficient (Wildman–Crippen LogP) is 0.330. The molecule has 0 bridgehead atoms. The predicted molar refractivity (Wildman–Crippen MR) is 104 cm³/mol. The number of fused-ring (bicyclic) bond motifs is 3. The van der Waals surface area contributed by atoms with Gasteiger partial charge in [-0.15, -0.1) is 0 Å². The number of nitrogens with one attached hydrogen (secondary N) is 1. The molecule has 1 saturated heterocycles. The molecule has 9 nitrogen and oxygen atoms in total. The van der Waals surface area contributed by atoms with Gasteiger partial charge in [0.15, 0.2) is 5.58 Å². The van der Waals surface area contributed by atoms with Gasteiger partial charge in [-0.1, -0.05) is 35.6 Å². The first-order valence-electron chi connectivity index (χ1n) is 8.90. The molecule has 1 amide bonds. The van der Waals surface area contributed by atoms with Crippen LogP contribution >= 0.6 is 11.3 Å². The first kappa shape index (κ1) is 19.8. The molecule has 29 heavy (non-hydrogen) atoms. The van der Waals surface area contributed by atoms with Gasteiger partial charge in [-0.3, -0.25) is 4.79 Å². The van der Waals surface area contributed by atoms with Gasteiger partial charge in [-0.05, 0) is 0 Å². The molecule has 154 valence electrons. The first-order valence-corrected chi connectivity index (χ1v) is 9.72. The molecule has 4 N–H and O–H groups in total. The quantitative estimate of drug-likeness (QED) is 0.473. The molecule has 5 atom stereocenters. The molecule has 0 spiro atoms. The Hall–Kier alpha value is -2.50. The van der Waals surface area contributed by atoms with Crippen LogP contribution in [0.2, 0.25) is 0 Å². The van der Waals surface area contributed by atoms with E-state index < -0.39 is 48.1 Å². The fourth-order valence-corrected chi connectivity index (χ4v) is 4.17. The summed E-state index contributed by atoms with van der Waals surface area (Å²) in [5.41, 5.74) is 0.439. The molecule has 0 saturated carbocycles. The number of carbonyl (C=O) groups is 1. The summed E-state index contributed by atoms with van der Waals surface area (Å²) in [5, 5.41) is 33.8. The minimum atomic E-state index is -1.42. The molecule has 0 unspecified atom stereocenters. The van der Waals surface area contributed by atoms with Crippen molar-refractivity contribution in [3.05, 3.63) is 40.1 Å². The van der Waals surface area contributed by atoms with Crippen molar-refractivity contribution in [2.24, 2.45) is 0 Å². The summed E-state index contributed by atoms with van der Waals surface area (Å²) in [6, 6.07) is 7.67. The number of hydrogen-bond acceptors (Lipinski definition) is 9. The van der Waals surface area contributed by atoms with E-state index in [9.17, 15) is 24.9 Å². The number of rotatable bonds is 4. The summed E-state index contributed by atoms with van der Waals surface area (Å²) in [6.07, 6.45) is -5.12. The van der Waals surface area contributed by atoms with Crippen LogP contribution in [0, 0.1) is 0 Å². The van der Waals surface area contributed by atoms with E-state index in [0.717, 1.165) is 11.3 Å². The van der Waals surface area contributed by atoms with Crippen molar-refractivity contribution in [1.29, 1.82) is 0 Å². The Morgan fingerprint density at radius 3 is 2.66 bits per heavy atom. The van der Waals surface area contributed by atoms with Crippen molar-refractivity contribution >= 4 is 38.3 Å². The van der Waals surface area contributed by atoms with Crippen molar-refractivity contribution < 1.29 is 34.0 Å². The molecule has 4 rings (SSSR count). The molecule has 0 radical (unpaired) electrons. The van der Waals surface area contributed by atoms with E-state index in [1.165, 1.54) is 6.92 Å². The van der Waals surface area contributed by atoms with Crippen molar-refractivity contribution in [3.63, 3.8) is 0 Å². The highest BCUT2D eigenvalue weighted by Crippen LogP contribution is 2.36. The maximum Gasteiger partial charge on any atom is 0.396 e. The van der Waals surface area contributed by atoms with Crippen molar-refractivity contribution in [1.82, 2.24) is 5.32 Å². The molecule has 1 aliphatic heterocycles. The maximum absolute atomic E-state index is 11.7. The molecule has 2 aromatic carbocycles. The maximum atomic E-state index is 11.7. The lowest BCUT2D eigenvalue weighted by atomic mass is 9.97. The smallest absolute Gasteiger partial charge is 0.396 e. The van der Waals surface area contributed by atoms with E-state index >= 15 is 0 Å². The van der Waals surface area contributed by atoms with Crippen LogP contribution in [0.3, 0.4) is 0 Å². The summed E-state index contributed by atoms with van der Waals surface area (Å²) < 4.78 is 17.5. The Morgan fingerprint density at radius 1 is 1.24 bits per heavy atom. The van der Waals surface area contributed by atoms with Gasteiger partial charge in [-0.2, -0.15) is 0 Å². The van der Waals surface area contributed by atoms with Crippen LogP contribution in [0.5, 0.6) is 5.75 Å². The third kappa shape index (κ3) is 3.61. The second-order valence-electron chi connectivity index (χ2n) is 6.75. The summed E-state index contributed by atoms with van der Waals surface area (Å²) in [7, 11) is 0. The minimum absolute atomic E-state index is 0.339. The van der Waals surface area contributed by atoms with Gasteiger partial charge >= 0.3 is 4.94 Å². The fraction of sp³-hybridized carbons (Fsp3) is 0.368. The third-order valence-corrected chi connectivity index (χ3v) is 5.57. The lowest BCUT2D eigenvalue weighted by molar-refractivity contribution is -0.244. The van der Waals surface area contributed by atoms with Gasteiger partial charge in [0, 0.05) is 23.8 Å². The zero-order valence-corrected chi connectivity index (χ0v) is 16.1. The topological polar surface area (TPSA) is 138 Å². The zero-order chi connectivity index (χ0) is 20.7. The van der Waals surface area contributed by atoms with Crippen LogP contribution in [0.25, 0.3) is 21.1 Å². The van der Waals surface area contributed by atoms with Gasteiger partial charge in [0.05, 0.1) is 11.3 Å². The molecular weight excluding hydrogens is 402 g/mol. The number of aliphatic hydroxyl groups excluding tert-OH is 3. The summed E-state index contributed by atoms with van der Waals surface area (Å²) >= 11 is 0.918. The van der Waals surface area contributed by atoms with E-state index in [1.54, 1.807) is 30.3 Å². The molecule has 10 heteroatoms. The van der Waals surface area contributed by atoms with Crippen LogP contribution < -0.4 is 15.0 Å². The highest BCUT2D eigenvalue weighted by Gasteiger charge is 2.46. The summed E-state index contributed by atoms with van der Waals surface area (Å²) in [6.45, 7) is 0.715. The van der Waals surface area contributed by atoms with Crippen molar-refractivity contribution in [3.8, 4) is 5.75 Å². The molecule has 3 aromatic rings. The third-order valence-electron chi connectivity index (χ3n) is 4.80. The van der Waals surface area contributed by atoms with Gasteiger partial charge in [0.2, 0.25) is 12.2 Å². The number of carbonyl (C=O) groups excluding carboxylic acids is 1. The molecule has 1 fully saturated rings. The van der Waals surface area contributed by atoms with Gasteiger partial charge in [0.25, 0.3) is 0 Å². The average molecular weight is 421 g/mol. The van der Waals surface area contributed by atoms with Crippen LogP contribution in [0.4, 0.5) is 0 Å². The Bertz CT molecular complexity index is 1110. The lowest BCUT2D eigenvalue weighted by Crippen LogP contribution is -2.65. The lowest BCUT2D eigenvalue weighted by Gasteiger charge is -2.42. The minimum Gasteiger partial charge on any atom is -0.462 e. The number of ether oxygens (including phenoxy) is 2. The van der Waals surface area contributed by atoms with E-state index in [-0.39, 0.29) is 0 Å². The second kappa shape index (κ2) is 7.73. The number of hydrogen-bond donors (Lipinski definition) is 4. The molecule has 1 aliphatic rings. The summed E-state index contributed by atoms with van der Waals surface area (Å²) in [5.74, 6) is -0.111. The first-order chi connectivity index (χ1) is 13.9. The number of aliphatic hydroxyl groups is 3. The zero-order valence-electron chi connectivity index (χ0n) is 15.3. The molecule has 0 aliphatic carbocycles. The van der Waals surface area contributed by atoms with E-state index in [0.29, 0.717) is 26.8 Å². The molecule has 1 aromatic heterocycles.